The van der Waals surface area contributed by atoms with E-state index in [1.54, 1.807) is 0 Å². The molecule has 0 fully saturated rings. The maximum Gasteiger partial charge on any atom is 0.258 e. The molecule has 0 aliphatic rings. The maximum atomic E-state index is 13.3. The first-order valence-electron chi connectivity index (χ1n) is 4.50. The fourth-order valence-corrected chi connectivity index (χ4v) is 1.05. The number of carbonyl (C=O) groups is 1. The Hall–Kier alpha value is -1.69. The Labute approximate surface area is 90.6 Å². The monoisotopic (exact) mass is 231 g/mol. The fraction of sp³-hybridized carbons (Fsp3) is 0.300. The highest BCUT2D eigenvalue weighted by molar-refractivity contribution is 5.78. The van der Waals surface area contributed by atoms with Crippen LogP contribution >= 0.6 is 0 Å². The van der Waals surface area contributed by atoms with Gasteiger partial charge in [0.25, 0.3) is 5.91 Å². The third-order valence-corrected chi connectivity index (χ3v) is 1.94. The molecule has 0 spiro atoms. The van der Waals surface area contributed by atoms with Crippen LogP contribution in [-0.4, -0.2) is 17.1 Å². The average molecular weight is 231 g/mol. The van der Waals surface area contributed by atoms with Crippen LogP contribution in [0.2, 0.25) is 0 Å². The molecule has 16 heavy (non-hydrogen) atoms. The van der Waals surface area contributed by atoms with Gasteiger partial charge in [-0.05, 0) is 24.6 Å². The number of hydrogen-bond donors (Lipinski definition) is 2. The van der Waals surface area contributed by atoms with Crippen molar-refractivity contribution in [1.29, 1.82) is 0 Å². The molecule has 1 aromatic rings. The second-order valence-corrected chi connectivity index (χ2v) is 3.21. The second-order valence-electron chi connectivity index (χ2n) is 3.21. The number of hydrogen-bond acceptors (Lipinski definition) is 3. The topological polar surface area (TPSA) is 72.6 Å². The molecule has 0 aliphatic heterocycles. The number of aliphatic hydroxyl groups is 1. The summed E-state index contributed by atoms with van der Waals surface area (Å²) in [7, 11) is 0. The molecule has 0 aliphatic carbocycles. The van der Waals surface area contributed by atoms with Crippen LogP contribution < -0.4 is 10.5 Å². The van der Waals surface area contributed by atoms with Crippen LogP contribution in [0.5, 0.6) is 5.75 Å². The lowest BCUT2D eigenvalue weighted by Gasteiger charge is -2.13. The van der Waals surface area contributed by atoms with Gasteiger partial charge in [0, 0.05) is 0 Å². The van der Waals surface area contributed by atoms with Gasteiger partial charge in [-0.2, -0.15) is 0 Å². The van der Waals surface area contributed by atoms with E-state index >= 15 is 0 Å². The number of aliphatic hydroxyl groups excluding tert-OH is 1. The summed E-state index contributed by atoms with van der Waals surface area (Å²) in [6.07, 6.45) is -1.14. The van der Waals surface area contributed by atoms with Gasteiger partial charge < -0.3 is 15.6 Å². The molecule has 1 aromatic carbocycles. The van der Waals surface area contributed by atoms with E-state index in [0.29, 0.717) is 0 Å². The summed E-state index contributed by atoms with van der Waals surface area (Å²) in [5.74, 6) is -3.48. The van der Waals surface area contributed by atoms with Crippen molar-refractivity contribution in [3.8, 4) is 5.75 Å². The van der Waals surface area contributed by atoms with Gasteiger partial charge in [0.15, 0.2) is 23.5 Å². The molecule has 3 N–H and O–H groups in total. The molecule has 1 atom stereocenters. The van der Waals surface area contributed by atoms with Gasteiger partial charge in [-0.3, -0.25) is 4.79 Å². The Morgan fingerprint density at radius 1 is 1.50 bits per heavy atom. The van der Waals surface area contributed by atoms with Crippen LogP contribution in [0.4, 0.5) is 8.78 Å². The van der Waals surface area contributed by atoms with Crippen molar-refractivity contribution in [3.63, 3.8) is 0 Å². The number of benzene rings is 1. The van der Waals surface area contributed by atoms with Gasteiger partial charge in [-0.1, -0.05) is 0 Å². The minimum absolute atomic E-state index is 0.0779. The number of rotatable bonds is 4. The van der Waals surface area contributed by atoms with E-state index < -0.39 is 36.0 Å². The summed E-state index contributed by atoms with van der Waals surface area (Å²) < 4.78 is 31.3. The van der Waals surface area contributed by atoms with Crippen molar-refractivity contribution in [2.75, 3.05) is 0 Å². The Morgan fingerprint density at radius 3 is 2.38 bits per heavy atom. The third kappa shape index (κ3) is 2.66. The zero-order chi connectivity index (χ0) is 12.3. The first-order valence-corrected chi connectivity index (χ1v) is 4.50. The van der Waals surface area contributed by atoms with Crippen molar-refractivity contribution < 1.29 is 23.4 Å². The number of halogens is 2. The number of amides is 1. The lowest BCUT2D eigenvalue weighted by molar-refractivity contribution is -0.124. The van der Waals surface area contributed by atoms with Crippen molar-refractivity contribution in [2.24, 2.45) is 5.73 Å². The van der Waals surface area contributed by atoms with Crippen LogP contribution in [0.3, 0.4) is 0 Å². The molecule has 0 aromatic heterocycles. The first-order chi connectivity index (χ1) is 7.45. The Bertz CT molecular complexity index is 386. The summed E-state index contributed by atoms with van der Waals surface area (Å²) >= 11 is 0. The number of ether oxygens (including phenoxy) is 1. The lowest BCUT2D eigenvalue weighted by Crippen LogP contribution is -2.31. The maximum absolute atomic E-state index is 13.3. The van der Waals surface area contributed by atoms with Crippen LogP contribution in [0.25, 0.3) is 0 Å². The van der Waals surface area contributed by atoms with Crippen LogP contribution in [0.1, 0.15) is 12.5 Å². The summed E-state index contributed by atoms with van der Waals surface area (Å²) in [5.41, 5.74) is 4.97. The van der Waals surface area contributed by atoms with Gasteiger partial charge in [-0.25, -0.2) is 8.78 Å². The predicted octanol–water partition coefficient (Wildman–Crippen LogP) is 0.710. The molecule has 0 bridgehead atoms. The molecule has 1 rings (SSSR count). The molecule has 1 amide bonds. The van der Waals surface area contributed by atoms with E-state index in [1.165, 1.54) is 6.92 Å². The number of nitrogens with two attached hydrogens (primary N) is 1. The number of primary amides is 1. The summed E-state index contributed by atoms with van der Waals surface area (Å²) in [5, 5.41) is 8.70. The molecular weight excluding hydrogens is 220 g/mol. The standard InChI is InChI=1S/C10H11F2NO3/c1-5(10(13)15)16-9-7(11)2-6(4-14)3-8(9)12/h2-3,5,14H,4H2,1H3,(H2,13,15). The Balaban J connectivity index is 3.01. The highest BCUT2D eigenvalue weighted by Gasteiger charge is 2.18. The molecule has 0 saturated carbocycles. The van der Waals surface area contributed by atoms with Crippen molar-refractivity contribution in [2.45, 2.75) is 19.6 Å². The Morgan fingerprint density at radius 2 is 2.00 bits per heavy atom. The van der Waals surface area contributed by atoms with Crippen molar-refractivity contribution >= 4 is 5.91 Å². The zero-order valence-electron chi connectivity index (χ0n) is 8.54. The average Bonchev–Trinajstić information content (AvgIpc) is 2.22. The zero-order valence-corrected chi connectivity index (χ0v) is 8.54. The first kappa shape index (κ1) is 12.4. The van der Waals surface area contributed by atoms with E-state index in [1.807, 2.05) is 0 Å². The SMILES string of the molecule is CC(Oc1c(F)cc(CO)cc1F)C(N)=O. The van der Waals surface area contributed by atoms with Gasteiger partial charge in [0.2, 0.25) is 0 Å². The van der Waals surface area contributed by atoms with Crippen LogP contribution in [0.15, 0.2) is 12.1 Å². The van der Waals surface area contributed by atoms with Gasteiger partial charge in [0.05, 0.1) is 6.61 Å². The van der Waals surface area contributed by atoms with E-state index in [4.69, 9.17) is 15.6 Å². The molecule has 0 heterocycles. The third-order valence-electron chi connectivity index (χ3n) is 1.94. The van der Waals surface area contributed by atoms with Gasteiger partial charge >= 0.3 is 0 Å². The molecule has 1 unspecified atom stereocenters. The van der Waals surface area contributed by atoms with Crippen molar-refractivity contribution in [1.82, 2.24) is 0 Å². The fourth-order valence-electron chi connectivity index (χ4n) is 1.05. The van der Waals surface area contributed by atoms with Crippen LogP contribution in [0, 0.1) is 11.6 Å². The van der Waals surface area contributed by atoms with E-state index in [2.05, 4.69) is 0 Å². The number of carbonyl (C=O) groups excluding carboxylic acids is 1. The van der Waals surface area contributed by atoms with Gasteiger partial charge in [0.1, 0.15) is 0 Å². The predicted molar refractivity (Wildman–Crippen MR) is 51.6 cm³/mol. The van der Waals surface area contributed by atoms with E-state index in [-0.39, 0.29) is 5.56 Å². The normalized spacial score (nSPS) is 12.2. The minimum atomic E-state index is -1.14. The molecular formula is C10H11F2NO3. The summed E-state index contributed by atoms with van der Waals surface area (Å²) in [6, 6.07) is 1.85. The minimum Gasteiger partial charge on any atom is -0.475 e. The summed E-state index contributed by atoms with van der Waals surface area (Å²) in [6.45, 7) is 0.792. The van der Waals surface area contributed by atoms with Gasteiger partial charge in [-0.15, -0.1) is 0 Å². The molecule has 4 nitrogen and oxygen atoms in total. The van der Waals surface area contributed by atoms with E-state index in [0.717, 1.165) is 12.1 Å². The highest BCUT2D eigenvalue weighted by atomic mass is 19.1. The van der Waals surface area contributed by atoms with E-state index in [9.17, 15) is 13.6 Å². The molecule has 0 saturated heterocycles. The lowest BCUT2D eigenvalue weighted by atomic mass is 10.2. The molecule has 88 valence electrons. The molecule has 6 heteroatoms. The smallest absolute Gasteiger partial charge is 0.258 e. The highest BCUT2D eigenvalue weighted by Crippen LogP contribution is 2.24. The Kier molecular flexibility index (Phi) is 3.78. The quantitative estimate of drug-likeness (QED) is 0.801. The second kappa shape index (κ2) is 4.89. The largest absolute Gasteiger partial charge is 0.475 e. The van der Waals surface area contributed by atoms with Crippen molar-refractivity contribution in [3.05, 3.63) is 29.3 Å². The molecule has 0 radical (unpaired) electrons. The summed E-state index contributed by atoms with van der Waals surface area (Å²) in [4.78, 5) is 10.7. The van der Waals surface area contributed by atoms with Crippen LogP contribution in [-0.2, 0) is 11.4 Å².